The molecule has 1 aliphatic heterocycles. The van der Waals surface area contributed by atoms with Crippen LogP contribution in [0.4, 0.5) is 10.2 Å². The molecule has 7 nitrogen and oxygen atoms in total. The molecule has 25 heavy (non-hydrogen) atoms. The van der Waals surface area contributed by atoms with E-state index in [1.54, 1.807) is 12.3 Å². The van der Waals surface area contributed by atoms with Gasteiger partial charge in [-0.15, -0.1) is 0 Å². The molecule has 0 radical (unpaired) electrons. The minimum Gasteiger partial charge on any atom is -0.357 e. The van der Waals surface area contributed by atoms with Crippen LogP contribution in [0.25, 0.3) is 0 Å². The molecule has 1 aromatic rings. The van der Waals surface area contributed by atoms with E-state index in [9.17, 15) is 9.18 Å². The minimum atomic E-state index is -0.309. The fraction of sp³-hybridized carbons (Fsp3) is 0.588. The van der Waals surface area contributed by atoms with Gasteiger partial charge in [0.1, 0.15) is 6.54 Å². The Morgan fingerprint density at radius 3 is 3.00 bits per heavy atom. The van der Waals surface area contributed by atoms with Crippen molar-refractivity contribution in [3.05, 3.63) is 24.1 Å². The van der Waals surface area contributed by atoms with E-state index >= 15 is 0 Å². The van der Waals surface area contributed by atoms with Crippen molar-refractivity contribution >= 4 is 17.7 Å². The largest absolute Gasteiger partial charge is 0.357 e. The topological polar surface area (TPSA) is 81.6 Å². The monoisotopic (exact) mass is 350 g/mol. The van der Waals surface area contributed by atoms with Crippen LogP contribution in [0.5, 0.6) is 0 Å². The molecule has 0 aromatic carbocycles. The van der Waals surface area contributed by atoms with Crippen LogP contribution in [0.15, 0.2) is 23.3 Å². The average molecular weight is 350 g/mol. The number of anilines is 1. The van der Waals surface area contributed by atoms with Crippen molar-refractivity contribution in [3.63, 3.8) is 0 Å². The summed E-state index contributed by atoms with van der Waals surface area (Å²) in [5, 5.41) is 9.25. The van der Waals surface area contributed by atoms with Gasteiger partial charge in [-0.25, -0.2) is 14.4 Å². The Bertz CT molecular complexity index is 594. The van der Waals surface area contributed by atoms with Crippen LogP contribution in [0.3, 0.4) is 0 Å². The zero-order chi connectivity index (χ0) is 18.1. The number of hydrogen-bond acceptors (Lipinski definition) is 4. The van der Waals surface area contributed by atoms with Gasteiger partial charge >= 0.3 is 0 Å². The molecule has 1 atom stereocenters. The van der Waals surface area contributed by atoms with Gasteiger partial charge in [0.2, 0.25) is 5.91 Å². The van der Waals surface area contributed by atoms with Gasteiger partial charge in [0.25, 0.3) is 0 Å². The number of carbonyl (C=O) groups is 1. The van der Waals surface area contributed by atoms with Gasteiger partial charge < -0.3 is 20.9 Å². The van der Waals surface area contributed by atoms with Crippen LogP contribution in [0.1, 0.15) is 26.7 Å². The van der Waals surface area contributed by atoms with Crippen LogP contribution in [-0.4, -0.2) is 55.6 Å². The summed E-state index contributed by atoms with van der Waals surface area (Å²) in [6.07, 6.45) is 3.35. The normalized spacial score (nSPS) is 17.5. The lowest BCUT2D eigenvalue weighted by molar-refractivity contribution is -0.119. The second-order valence-corrected chi connectivity index (χ2v) is 5.93. The highest BCUT2D eigenvalue weighted by atomic mass is 19.1. The van der Waals surface area contributed by atoms with Gasteiger partial charge in [0.15, 0.2) is 17.6 Å². The zero-order valence-corrected chi connectivity index (χ0v) is 14.9. The first-order valence-electron chi connectivity index (χ1n) is 8.81. The van der Waals surface area contributed by atoms with E-state index in [1.165, 1.54) is 6.07 Å². The highest BCUT2D eigenvalue weighted by Crippen LogP contribution is 2.20. The maximum atomic E-state index is 13.9. The van der Waals surface area contributed by atoms with Gasteiger partial charge in [-0.3, -0.25) is 4.79 Å². The lowest BCUT2D eigenvalue weighted by Gasteiger charge is -2.19. The van der Waals surface area contributed by atoms with Crippen molar-refractivity contribution < 1.29 is 9.18 Å². The maximum Gasteiger partial charge on any atom is 0.241 e. The third-order valence-electron chi connectivity index (χ3n) is 3.86. The third kappa shape index (κ3) is 5.88. The number of aliphatic imine (C=N–C) groups is 1. The number of pyridine rings is 1. The van der Waals surface area contributed by atoms with Crippen LogP contribution < -0.4 is 20.9 Å². The minimum absolute atomic E-state index is 0.0840. The Morgan fingerprint density at radius 1 is 1.44 bits per heavy atom. The fourth-order valence-corrected chi connectivity index (χ4v) is 2.67. The molecular formula is C17H27FN6O. The Morgan fingerprint density at radius 2 is 2.28 bits per heavy atom. The molecular weight excluding hydrogens is 323 g/mol. The van der Waals surface area contributed by atoms with E-state index in [1.807, 2.05) is 18.7 Å². The first-order chi connectivity index (χ1) is 12.1. The van der Waals surface area contributed by atoms with Gasteiger partial charge in [-0.1, -0.05) is 6.92 Å². The molecule has 1 saturated heterocycles. The number of halogens is 1. The lowest BCUT2D eigenvalue weighted by atomic mass is 10.3. The number of nitrogens with one attached hydrogen (secondary N) is 3. The molecule has 0 aliphatic carbocycles. The predicted octanol–water partition coefficient (Wildman–Crippen LogP) is 0.881. The molecule has 1 fully saturated rings. The summed E-state index contributed by atoms with van der Waals surface area (Å²) in [6.45, 7) is 6.78. The number of guanidine groups is 1. The number of hydrogen-bond donors (Lipinski definition) is 3. The van der Waals surface area contributed by atoms with Crippen molar-refractivity contribution in [3.8, 4) is 0 Å². The summed E-state index contributed by atoms with van der Waals surface area (Å²) in [6, 6.07) is 3.13. The van der Waals surface area contributed by atoms with Crippen molar-refractivity contribution in [2.24, 2.45) is 4.99 Å². The molecule has 2 rings (SSSR count). The molecule has 0 bridgehead atoms. The van der Waals surface area contributed by atoms with E-state index in [0.29, 0.717) is 31.4 Å². The van der Waals surface area contributed by atoms with E-state index in [0.717, 1.165) is 19.4 Å². The Balaban J connectivity index is 1.90. The number of rotatable bonds is 7. The predicted molar refractivity (Wildman–Crippen MR) is 97.2 cm³/mol. The van der Waals surface area contributed by atoms with Crippen molar-refractivity contribution in [1.29, 1.82) is 0 Å². The maximum absolute atomic E-state index is 13.9. The van der Waals surface area contributed by atoms with Crippen LogP contribution in [0.2, 0.25) is 0 Å². The average Bonchev–Trinajstić information content (AvgIpc) is 3.06. The van der Waals surface area contributed by atoms with Crippen molar-refractivity contribution in [1.82, 2.24) is 20.9 Å². The second-order valence-electron chi connectivity index (χ2n) is 5.93. The first kappa shape index (κ1) is 19.0. The Hall–Kier alpha value is -2.38. The molecule has 1 aliphatic rings. The molecule has 1 unspecified atom stereocenters. The molecule has 1 amide bonds. The summed E-state index contributed by atoms with van der Waals surface area (Å²) in [5.41, 5.74) is 0. The van der Waals surface area contributed by atoms with E-state index in [2.05, 4.69) is 25.9 Å². The first-order valence-corrected chi connectivity index (χ1v) is 8.81. The van der Waals surface area contributed by atoms with E-state index in [-0.39, 0.29) is 24.3 Å². The highest BCUT2D eigenvalue weighted by Gasteiger charge is 2.25. The van der Waals surface area contributed by atoms with E-state index < -0.39 is 0 Å². The summed E-state index contributed by atoms with van der Waals surface area (Å²) in [4.78, 5) is 22.1. The molecule has 138 valence electrons. The SMILES string of the molecule is CCCNC(=O)CN=C(NCC)NC1CCN(c2ncccc2F)C1. The molecule has 8 heteroatoms. The number of amides is 1. The number of nitrogens with zero attached hydrogens (tertiary/aromatic N) is 3. The number of carbonyl (C=O) groups excluding carboxylic acids is 1. The Labute approximate surface area is 148 Å². The van der Waals surface area contributed by atoms with E-state index in [4.69, 9.17) is 0 Å². The Kier molecular flexibility index (Phi) is 7.43. The van der Waals surface area contributed by atoms with Gasteiger partial charge in [-0.2, -0.15) is 0 Å². The smallest absolute Gasteiger partial charge is 0.241 e. The van der Waals surface area contributed by atoms with Crippen LogP contribution >= 0.6 is 0 Å². The summed E-state index contributed by atoms with van der Waals surface area (Å²) >= 11 is 0. The standard InChI is InChI=1S/C17H27FN6O/c1-3-8-20-15(25)11-22-17(19-4-2)23-13-7-10-24(12-13)16-14(18)6-5-9-21-16/h5-6,9,13H,3-4,7-8,10-12H2,1-2H3,(H,20,25)(H2,19,22,23). The van der Waals surface area contributed by atoms with Gasteiger partial charge in [0.05, 0.1) is 0 Å². The summed E-state index contributed by atoms with van der Waals surface area (Å²) < 4.78 is 13.9. The van der Waals surface area contributed by atoms with Crippen LogP contribution in [0, 0.1) is 5.82 Å². The quantitative estimate of drug-likeness (QED) is 0.502. The number of aromatic nitrogens is 1. The van der Waals surface area contributed by atoms with Crippen LogP contribution in [-0.2, 0) is 4.79 Å². The zero-order valence-electron chi connectivity index (χ0n) is 14.9. The fourth-order valence-electron chi connectivity index (χ4n) is 2.67. The molecule has 0 spiro atoms. The molecule has 0 saturated carbocycles. The molecule has 3 N–H and O–H groups in total. The summed E-state index contributed by atoms with van der Waals surface area (Å²) in [5.74, 6) is 0.578. The third-order valence-corrected chi connectivity index (χ3v) is 3.86. The molecule has 1 aromatic heterocycles. The summed E-state index contributed by atoms with van der Waals surface area (Å²) in [7, 11) is 0. The van der Waals surface area contributed by atoms with Gasteiger partial charge in [0, 0.05) is 38.4 Å². The van der Waals surface area contributed by atoms with Crippen molar-refractivity contribution in [2.45, 2.75) is 32.7 Å². The highest BCUT2D eigenvalue weighted by molar-refractivity contribution is 5.85. The molecule has 2 heterocycles. The second kappa shape index (κ2) is 9.80. The van der Waals surface area contributed by atoms with Gasteiger partial charge in [-0.05, 0) is 31.9 Å². The van der Waals surface area contributed by atoms with Crippen molar-refractivity contribution in [2.75, 3.05) is 37.6 Å². The lowest BCUT2D eigenvalue weighted by Crippen LogP contribution is -2.45.